The van der Waals surface area contributed by atoms with Crippen molar-refractivity contribution >= 4 is 11.9 Å². The van der Waals surface area contributed by atoms with Crippen LogP contribution in [0.25, 0.3) is 0 Å². The fourth-order valence-corrected chi connectivity index (χ4v) is 1.29. The Kier molecular flexibility index (Phi) is 11.8. The molecule has 0 heterocycles. The molecule has 0 aliphatic heterocycles. The van der Waals surface area contributed by atoms with Crippen LogP contribution in [0.4, 0.5) is 0 Å². The van der Waals surface area contributed by atoms with E-state index in [9.17, 15) is 9.59 Å². The first-order chi connectivity index (χ1) is 10.0. The Morgan fingerprint density at radius 2 is 1.00 bits per heavy atom. The lowest BCUT2D eigenvalue weighted by molar-refractivity contribution is -0.159. The van der Waals surface area contributed by atoms with Gasteiger partial charge in [0.1, 0.15) is 0 Å². The molecule has 0 amide bonds. The lowest BCUT2D eigenvalue weighted by atomic mass is 10.1. The van der Waals surface area contributed by atoms with Crippen molar-refractivity contribution in [3.8, 4) is 0 Å². The predicted octanol–water partition coefficient (Wildman–Crippen LogP) is -2.31. The first-order valence-electron chi connectivity index (χ1n) is 6.90. The summed E-state index contributed by atoms with van der Waals surface area (Å²) in [5, 5.41) is 34.6. The lowest BCUT2D eigenvalue weighted by Gasteiger charge is -2.16. The van der Waals surface area contributed by atoms with Gasteiger partial charge in [0.2, 0.25) is 11.4 Å². The van der Waals surface area contributed by atoms with E-state index in [0.29, 0.717) is 38.8 Å². The van der Waals surface area contributed by atoms with E-state index in [0.717, 1.165) is 0 Å². The Hall–Kier alpha value is -1.30. The van der Waals surface area contributed by atoms with Crippen LogP contribution in [0.3, 0.4) is 0 Å². The zero-order chi connectivity index (χ0) is 17.8. The Balaban J connectivity index is 0. The van der Waals surface area contributed by atoms with Gasteiger partial charge in [0.05, 0.1) is 0 Å². The van der Waals surface area contributed by atoms with E-state index in [1.54, 1.807) is 0 Å². The van der Waals surface area contributed by atoms with Gasteiger partial charge in [0, 0.05) is 12.8 Å². The summed E-state index contributed by atoms with van der Waals surface area (Å²) >= 11 is 0. The Labute approximate surface area is 129 Å². The fraction of sp³-hybridized carbons (Fsp3) is 0.833. The minimum Gasteiger partial charge on any atom is -0.478 e. The lowest BCUT2D eigenvalue weighted by Crippen LogP contribution is -2.47. The van der Waals surface area contributed by atoms with E-state index in [4.69, 9.17) is 43.4 Å². The summed E-state index contributed by atoms with van der Waals surface area (Å²) in [6.45, 7) is 0.964. The van der Waals surface area contributed by atoms with Crippen LogP contribution >= 0.6 is 0 Å². The van der Waals surface area contributed by atoms with Crippen molar-refractivity contribution in [2.24, 2.45) is 22.9 Å². The van der Waals surface area contributed by atoms with Gasteiger partial charge in [-0.3, -0.25) is 11.5 Å². The third-order valence-electron chi connectivity index (χ3n) is 2.76. The van der Waals surface area contributed by atoms with Crippen molar-refractivity contribution < 1.29 is 30.0 Å². The van der Waals surface area contributed by atoms with Gasteiger partial charge in [-0.05, 0) is 38.8 Å². The molecular weight excluding hydrogens is 296 g/mol. The molecule has 0 aliphatic carbocycles. The van der Waals surface area contributed by atoms with Gasteiger partial charge in [0.15, 0.2) is 0 Å². The molecule has 0 radical (unpaired) electrons. The van der Waals surface area contributed by atoms with E-state index >= 15 is 0 Å². The number of hydrogen-bond donors (Lipinski definition) is 8. The quantitative estimate of drug-likeness (QED) is 0.158. The second-order valence-electron chi connectivity index (χ2n) is 4.95. The van der Waals surface area contributed by atoms with Crippen molar-refractivity contribution in [3.05, 3.63) is 0 Å². The van der Waals surface area contributed by atoms with Gasteiger partial charge in [-0.15, -0.1) is 0 Å². The number of hydrogen-bond acceptors (Lipinski definition) is 8. The van der Waals surface area contributed by atoms with Crippen molar-refractivity contribution in [3.63, 3.8) is 0 Å². The summed E-state index contributed by atoms with van der Waals surface area (Å²) in [7, 11) is 0. The molecule has 22 heavy (non-hydrogen) atoms. The standard InChI is InChI=1S/2C6H14N2O3/c2*7-4-2-1-3-6(8,11)5(9)10/h2*11H,1-4,7-8H2,(H,9,10). The van der Waals surface area contributed by atoms with E-state index in [1.165, 1.54) is 0 Å². The first kappa shape index (κ1) is 23.0. The van der Waals surface area contributed by atoms with Crippen LogP contribution in [0.2, 0.25) is 0 Å². The normalized spacial score (nSPS) is 15.9. The summed E-state index contributed by atoms with van der Waals surface area (Å²) in [6.07, 6.45) is 2.48. The maximum Gasteiger partial charge on any atom is 0.350 e. The summed E-state index contributed by atoms with van der Waals surface area (Å²) in [5.74, 6) is -2.79. The molecular formula is C12H28N4O6. The molecule has 12 N–H and O–H groups in total. The van der Waals surface area contributed by atoms with Gasteiger partial charge in [-0.1, -0.05) is 0 Å². The van der Waals surface area contributed by atoms with Crippen LogP contribution in [-0.2, 0) is 9.59 Å². The summed E-state index contributed by atoms with van der Waals surface area (Å²) in [5.41, 5.74) is 16.2. The van der Waals surface area contributed by atoms with Crippen LogP contribution in [0, 0.1) is 0 Å². The highest BCUT2D eigenvalue weighted by Crippen LogP contribution is 2.07. The SMILES string of the molecule is NCCCCC(N)(O)C(=O)O.NCCCCC(N)(O)C(=O)O. The second kappa shape index (κ2) is 11.3. The molecule has 10 heteroatoms. The van der Waals surface area contributed by atoms with E-state index in [2.05, 4.69) is 0 Å². The molecule has 0 saturated heterocycles. The van der Waals surface area contributed by atoms with Crippen molar-refractivity contribution in [1.82, 2.24) is 0 Å². The van der Waals surface area contributed by atoms with E-state index in [-0.39, 0.29) is 12.8 Å². The van der Waals surface area contributed by atoms with E-state index < -0.39 is 23.4 Å². The number of aliphatic hydroxyl groups is 2. The molecule has 0 rings (SSSR count). The highest BCUT2D eigenvalue weighted by atomic mass is 16.4. The Bertz CT molecular complexity index is 304. The third-order valence-corrected chi connectivity index (χ3v) is 2.76. The van der Waals surface area contributed by atoms with Crippen LogP contribution < -0.4 is 22.9 Å². The number of nitrogens with two attached hydrogens (primary N) is 4. The van der Waals surface area contributed by atoms with Gasteiger partial charge < -0.3 is 31.9 Å². The van der Waals surface area contributed by atoms with Crippen LogP contribution in [0.1, 0.15) is 38.5 Å². The number of carbonyl (C=O) groups is 2. The van der Waals surface area contributed by atoms with Crippen molar-refractivity contribution in [2.45, 2.75) is 50.0 Å². The topological polar surface area (TPSA) is 219 Å². The molecule has 2 unspecified atom stereocenters. The van der Waals surface area contributed by atoms with Crippen LogP contribution in [-0.4, -0.2) is 56.9 Å². The van der Waals surface area contributed by atoms with E-state index in [1.807, 2.05) is 0 Å². The molecule has 0 aliphatic rings. The molecule has 0 aromatic rings. The van der Waals surface area contributed by atoms with Crippen LogP contribution in [0.15, 0.2) is 0 Å². The summed E-state index contributed by atoms with van der Waals surface area (Å²) in [4.78, 5) is 20.4. The smallest absolute Gasteiger partial charge is 0.350 e. The van der Waals surface area contributed by atoms with Crippen molar-refractivity contribution in [1.29, 1.82) is 0 Å². The maximum atomic E-state index is 10.2. The molecule has 0 aromatic carbocycles. The zero-order valence-electron chi connectivity index (χ0n) is 12.6. The predicted molar refractivity (Wildman–Crippen MR) is 79.4 cm³/mol. The number of aliphatic carboxylic acids is 2. The van der Waals surface area contributed by atoms with Gasteiger partial charge >= 0.3 is 11.9 Å². The second-order valence-corrected chi connectivity index (χ2v) is 4.95. The largest absolute Gasteiger partial charge is 0.478 e. The summed E-state index contributed by atoms with van der Waals surface area (Å²) < 4.78 is 0. The molecule has 132 valence electrons. The third kappa shape index (κ3) is 11.4. The molecule has 0 bridgehead atoms. The molecule has 0 spiro atoms. The molecule has 0 saturated carbocycles. The van der Waals surface area contributed by atoms with Gasteiger partial charge in [0.25, 0.3) is 0 Å². The molecule has 0 aromatic heterocycles. The number of carboxylic acids is 2. The maximum absolute atomic E-state index is 10.2. The number of rotatable bonds is 10. The number of unbranched alkanes of at least 4 members (excludes halogenated alkanes) is 2. The average molecular weight is 324 g/mol. The molecule has 2 atom stereocenters. The zero-order valence-corrected chi connectivity index (χ0v) is 12.6. The Morgan fingerprint density at radius 3 is 1.18 bits per heavy atom. The molecule has 10 nitrogen and oxygen atoms in total. The van der Waals surface area contributed by atoms with Gasteiger partial charge in [-0.2, -0.15) is 0 Å². The van der Waals surface area contributed by atoms with Gasteiger partial charge in [-0.25, -0.2) is 9.59 Å². The Morgan fingerprint density at radius 1 is 0.727 bits per heavy atom. The summed E-state index contributed by atoms with van der Waals surface area (Å²) in [6, 6.07) is 0. The monoisotopic (exact) mass is 324 g/mol. The fourth-order valence-electron chi connectivity index (χ4n) is 1.29. The average Bonchev–Trinajstić information content (AvgIpc) is 2.39. The minimum absolute atomic E-state index is 0.0412. The highest BCUT2D eigenvalue weighted by molar-refractivity contribution is 5.76. The number of carboxylic acid groups (broad SMARTS) is 2. The van der Waals surface area contributed by atoms with Crippen LogP contribution in [0.5, 0.6) is 0 Å². The minimum atomic E-state index is -2.09. The van der Waals surface area contributed by atoms with Crippen molar-refractivity contribution in [2.75, 3.05) is 13.1 Å². The molecule has 0 fully saturated rings. The highest BCUT2D eigenvalue weighted by Gasteiger charge is 2.30. The first-order valence-corrected chi connectivity index (χ1v) is 6.90.